The molecule has 0 aliphatic carbocycles. The minimum Gasteiger partial charge on any atom is -0.330 e. The summed E-state index contributed by atoms with van der Waals surface area (Å²) in [7, 11) is 0. The molecule has 0 fully saturated rings. The van der Waals surface area contributed by atoms with Crippen molar-refractivity contribution in [3.05, 3.63) is 0 Å². The lowest BCUT2D eigenvalue weighted by molar-refractivity contribution is 0.568. The number of hydrogen-bond acceptors (Lipinski definition) is 2. The second-order valence-corrected chi connectivity index (χ2v) is 6.57. The zero-order valence-electron chi connectivity index (χ0n) is 11.3. The highest BCUT2D eigenvalue weighted by Gasteiger charge is 1.95. The molecule has 0 rings (SSSR count). The minimum absolute atomic E-state index is 0.808. The van der Waals surface area contributed by atoms with Gasteiger partial charge in [-0.3, -0.25) is 0 Å². The second-order valence-electron chi connectivity index (χ2n) is 4.89. The van der Waals surface area contributed by atoms with Crippen molar-refractivity contribution in [2.45, 2.75) is 76.9 Å². The summed E-state index contributed by atoms with van der Waals surface area (Å²) in [5.74, 6) is 1.36. The Labute approximate surface area is 107 Å². The zero-order valence-corrected chi connectivity index (χ0v) is 12.2. The maximum atomic E-state index is 5.46. The van der Waals surface area contributed by atoms with E-state index in [9.17, 15) is 0 Å². The average molecular weight is 245 g/mol. The molecule has 0 unspecified atom stereocenters. The van der Waals surface area contributed by atoms with Gasteiger partial charge in [-0.2, -0.15) is 11.8 Å². The molecule has 0 heterocycles. The molecule has 2 heteroatoms. The number of nitrogens with two attached hydrogens (primary N) is 1. The van der Waals surface area contributed by atoms with Crippen LogP contribution in [0, 0.1) is 0 Å². The summed E-state index contributed by atoms with van der Waals surface area (Å²) in [4.78, 5) is 0. The highest BCUT2D eigenvalue weighted by Crippen LogP contribution is 2.14. The van der Waals surface area contributed by atoms with Crippen molar-refractivity contribution in [2.75, 3.05) is 12.3 Å². The largest absolute Gasteiger partial charge is 0.330 e. The third-order valence-electron chi connectivity index (χ3n) is 2.80. The predicted octanol–water partition coefficient (Wildman–Crippen LogP) is 4.60. The molecule has 98 valence electrons. The van der Waals surface area contributed by atoms with Crippen LogP contribution in [0.2, 0.25) is 0 Å². The Morgan fingerprint density at radius 3 is 1.62 bits per heavy atom. The molecule has 0 aromatic carbocycles. The third-order valence-corrected chi connectivity index (χ3v) is 3.99. The lowest BCUT2D eigenvalue weighted by Gasteiger charge is -2.04. The van der Waals surface area contributed by atoms with Gasteiger partial charge in [0.05, 0.1) is 0 Å². The van der Waals surface area contributed by atoms with Gasteiger partial charge in [0.2, 0.25) is 0 Å². The first-order valence-corrected chi connectivity index (χ1v) is 8.14. The fourth-order valence-corrected chi connectivity index (χ4v) is 2.65. The molecule has 0 radical (unpaired) electrons. The van der Waals surface area contributed by atoms with E-state index in [1.165, 1.54) is 63.5 Å². The highest BCUT2D eigenvalue weighted by atomic mass is 32.2. The standard InChI is InChI=1S/C14H31NS/c1-14(2)16-13-11-9-7-5-3-4-6-8-10-12-15/h14H,3-13,15H2,1-2H3. The van der Waals surface area contributed by atoms with Crippen LogP contribution in [0.1, 0.15) is 71.6 Å². The fraction of sp³-hybridized carbons (Fsp3) is 1.00. The first kappa shape index (κ1) is 16.3. The molecule has 0 saturated heterocycles. The van der Waals surface area contributed by atoms with E-state index in [1.54, 1.807) is 0 Å². The predicted molar refractivity (Wildman–Crippen MR) is 78.2 cm³/mol. The molecule has 0 saturated carbocycles. The van der Waals surface area contributed by atoms with Crippen molar-refractivity contribution in [1.82, 2.24) is 0 Å². The Kier molecular flexibility index (Phi) is 13.6. The van der Waals surface area contributed by atoms with Gasteiger partial charge in [0.1, 0.15) is 0 Å². The van der Waals surface area contributed by atoms with Crippen LogP contribution in [-0.2, 0) is 0 Å². The number of rotatable bonds is 12. The van der Waals surface area contributed by atoms with Gasteiger partial charge in [-0.05, 0) is 30.4 Å². The maximum Gasteiger partial charge on any atom is -0.000968 e. The van der Waals surface area contributed by atoms with Crippen molar-refractivity contribution < 1.29 is 0 Å². The smallest absolute Gasteiger partial charge is 0.000968 e. The molecule has 1 nitrogen and oxygen atoms in total. The summed E-state index contributed by atoms with van der Waals surface area (Å²) in [6.07, 6.45) is 12.5. The topological polar surface area (TPSA) is 26.0 Å². The molecule has 16 heavy (non-hydrogen) atoms. The summed E-state index contributed by atoms with van der Waals surface area (Å²) < 4.78 is 0. The molecule has 0 atom stereocenters. The van der Waals surface area contributed by atoms with Crippen molar-refractivity contribution in [1.29, 1.82) is 0 Å². The summed E-state index contributed by atoms with van der Waals surface area (Å²) in [6, 6.07) is 0. The van der Waals surface area contributed by atoms with Crippen LogP contribution in [0.3, 0.4) is 0 Å². The van der Waals surface area contributed by atoms with Gasteiger partial charge in [0, 0.05) is 0 Å². The van der Waals surface area contributed by atoms with Crippen LogP contribution in [0.25, 0.3) is 0 Å². The summed E-state index contributed by atoms with van der Waals surface area (Å²) >= 11 is 2.10. The molecular weight excluding hydrogens is 214 g/mol. The maximum absolute atomic E-state index is 5.46. The normalized spacial score (nSPS) is 11.2. The van der Waals surface area contributed by atoms with Crippen molar-refractivity contribution in [2.24, 2.45) is 5.73 Å². The molecule has 0 spiro atoms. The highest BCUT2D eigenvalue weighted by molar-refractivity contribution is 7.99. The van der Waals surface area contributed by atoms with E-state index in [0.29, 0.717) is 0 Å². The molecule has 0 bridgehead atoms. The van der Waals surface area contributed by atoms with E-state index in [4.69, 9.17) is 5.73 Å². The van der Waals surface area contributed by atoms with Gasteiger partial charge in [-0.1, -0.05) is 58.8 Å². The van der Waals surface area contributed by atoms with E-state index in [0.717, 1.165) is 11.8 Å². The van der Waals surface area contributed by atoms with E-state index in [-0.39, 0.29) is 0 Å². The van der Waals surface area contributed by atoms with E-state index in [1.807, 2.05) is 0 Å². The van der Waals surface area contributed by atoms with E-state index in [2.05, 4.69) is 25.6 Å². The minimum atomic E-state index is 0.808. The Balaban J connectivity index is 2.88. The monoisotopic (exact) mass is 245 g/mol. The Morgan fingerprint density at radius 1 is 0.750 bits per heavy atom. The van der Waals surface area contributed by atoms with Gasteiger partial charge in [-0.15, -0.1) is 0 Å². The van der Waals surface area contributed by atoms with Crippen molar-refractivity contribution in [3.63, 3.8) is 0 Å². The van der Waals surface area contributed by atoms with E-state index < -0.39 is 0 Å². The van der Waals surface area contributed by atoms with Crippen LogP contribution < -0.4 is 5.73 Å². The molecule has 0 aliphatic rings. The molecular formula is C14H31NS. The Morgan fingerprint density at radius 2 is 1.19 bits per heavy atom. The number of unbranched alkanes of at least 4 members (excludes halogenated alkanes) is 8. The second kappa shape index (κ2) is 13.4. The third kappa shape index (κ3) is 14.3. The SMILES string of the molecule is CC(C)SCCCCCCCCCCCN. The fourth-order valence-electron chi connectivity index (χ4n) is 1.80. The first-order valence-electron chi connectivity index (χ1n) is 7.09. The lowest BCUT2D eigenvalue weighted by atomic mass is 10.1. The Bertz CT molecular complexity index is 126. The zero-order chi connectivity index (χ0) is 12.1. The number of thioether (sulfide) groups is 1. The molecule has 0 aliphatic heterocycles. The van der Waals surface area contributed by atoms with Crippen LogP contribution >= 0.6 is 11.8 Å². The van der Waals surface area contributed by atoms with Gasteiger partial charge >= 0.3 is 0 Å². The lowest BCUT2D eigenvalue weighted by Crippen LogP contribution is -1.97. The first-order chi connectivity index (χ1) is 7.77. The van der Waals surface area contributed by atoms with Crippen LogP contribution in [0.5, 0.6) is 0 Å². The average Bonchev–Trinajstić information content (AvgIpc) is 2.25. The van der Waals surface area contributed by atoms with Crippen LogP contribution in [-0.4, -0.2) is 17.5 Å². The van der Waals surface area contributed by atoms with Gasteiger partial charge in [0.25, 0.3) is 0 Å². The Hall–Kier alpha value is 0.310. The van der Waals surface area contributed by atoms with Gasteiger partial charge in [0.15, 0.2) is 0 Å². The molecule has 0 amide bonds. The summed E-state index contributed by atoms with van der Waals surface area (Å²) in [5.41, 5.74) is 5.46. The van der Waals surface area contributed by atoms with Crippen LogP contribution in [0.4, 0.5) is 0 Å². The summed E-state index contributed by atoms with van der Waals surface area (Å²) in [6.45, 7) is 5.44. The van der Waals surface area contributed by atoms with Crippen LogP contribution in [0.15, 0.2) is 0 Å². The molecule has 0 aromatic heterocycles. The quantitative estimate of drug-likeness (QED) is 0.509. The van der Waals surface area contributed by atoms with E-state index >= 15 is 0 Å². The van der Waals surface area contributed by atoms with Crippen molar-refractivity contribution in [3.8, 4) is 0 Å². The van der Waals surface area contributed by atoms with Gasteiger partial charge in [-0.25, -0.2) is 0 Å². The van der Waals surface area contributed by atoms with Gasteiger partial charge < -0.3 is 5.73 Å². The summed E-state index contributed by atoms with van der Waals surface area (Å²) in [5, 5.41) is 0.808. The number of hydrogen-bond donors (Lipinski definition) is 1. The molecule has 2 N–H and O–H groups in total. The van der Waals surface area contributed by atoms with Crippen molar-refractivity contribution >= 4 is 11.8 Å². The molecule has 0 aromatic rings.